The first kappa shape index (κ1) is 16.0. The molecule has 0 aliphatic rings. The number of hydrogen-bond acceptors (Lipinski definition) is 4. The molecule has 0 saturated heterocycles. The van der Waals surface area contributed by atoms with Gasteiger partial charge in [-0.25, -0.2) is 0 Å². The maximum Gasteiger partial charge on any atom is 0.247 e. The fraction of sp³-hybridized carbons (Fsp3) is 0.176. The topological polar surface area (TPSA) is 51.0 Å². The highest BCUT2D eigenvalue weighted by Crippen LogP contribution is 2.26. The van der Waals surface area contributed by atoms with Gasteiger partial charge in [0.1, 0.15) is 0 Å². The normalized spacial score (nSPS) is 12.3. The molecule has 2 aromatic carbocycles. The highest BCUT2D eigenvalue weighted by atomic mass is 35.5. The first-order valence-corrected chi connectivity index (χ1v) is 7.95. The zero-order valence-corrected chi connectivity index (χ0v) is 14.0. The molecular weight excluding hydrogens is 333 g/mol. The van der Waals surface area contributed by atoms with E-state index in [2.05, 4.69) is 15.5 Å². The number of nitrogens with zero attached hydrogens (tertiary/aromatic N) is 2. The van der Waals surface area contributed by atoms with E-state index in [9.17, 15) is 0 Å². The van der Waals surface area contributed by atoms with Crippen molar-refractivity contribution in [2.75, 3.05) is 0 Å². The third-order valence-corrected chi connectivity index (χ3v) is 4.04. The lowest BCUT2D eigenvalue weighted by atomic mass is 10.1. The van der Waals surface area contributed by atoms with Crippen LogP contribution in [-0.2, 0) is 6.54 Å². The van der Waals surface area contributed by atoms with Gasteiger partial charge < -0.3 is 9.73 Å². The van der Waals surface area contributed by atoms with Gasteiger partial charge in [0.25, 0.3) is 0 Å². The average Bonchev–Trinajstić information content (AvgIpc) is 3.02. The lowest BCUT2D eigenvalue weighted by Gasteiger charge is -2.14. The van der Waals surface area contributed by atoms with Gasteiger partial charge in [-0.15, -0.1) is 10.2 Å². The third-order valence-electron chi connectivity index (χ3n) is 3.48. The zero-order valence-electron chi connectivity index (χ0n) is 12.5. The summed E-state index contributed by atoms with van der Waals surface area (Å²) < 4.78 is 5.67. The van der Waals surface area contributed by atoms with E-state index in [1.807, 2.05) is 49.4 Å². The molecule has 6 heteroatoms. The predicted octanol–water partition coefficient (Wildman–Crippen LogP) is 4.89. The molecule has 0 saturated carbocycles. The molecule has 1 heterocycles. The monoisotopic (exact) mass is 347 g/mol. The molecule has 0 bridgehead atoms. The van der Waals surface area contributed by atoms with Crippen molar-refractivity contribution in [3.05, 3.63) is 70.0 Å². The average molecular weight is 348 g/mol. The van der Waals surface area contributed by atoms with Crippen molar-refractivity contribution in [2.45, 2.75) is 19.5 Å². The smallest absolute Gasteiger partial charge is 0.247 e. The van der Waals surface area contributed by atoms with Crippen LogP contribution in [0.15, 0.2) is 52.9 Å². The fourth-order valence-corrected chi connectivity index (χ4v) is 2.80. The second-order valence-electron chi connectivity index (χ2n) is 5.14. The number of aromatic nitrogens is 2. The van der Waals surface area contributed by atoms with Crippen LogP contribution in [0.1, 0.15) is 24.4 Å². The van der Waals surface area contributed by atoms with Crippen molar-refractivity contribution in [1.82, 2.24) is 15.5 Å². The van der Waals surface area contributed by atoms with Crippen LogP contribution < -0.4 is 5.32 Å². The Morgan fingerprint density at radius 2 is 1.87 bits per heavy atom. The molecule has 23 heavy (non-hydrogen) atoms. The quantitative estimate of drug-likeness (QED) is 0.713. The van der Waals surface area contributed by atoms with Gasteiger partial charge in [0, 0.05) is 21.7 Å². The predicted molar refractivity (Wildman–Crippen MR) is 91.5 cm³/mol. The lowest BCUT2D eigenvalue weighted by molar-refractivity contribution is 0.454. The van der Waals surface area contributed by atoms with Gasteiger partial charge in [-0.05, 0) is 36.8 Å². The van der Waals surface area contributed by atoms with Crippen LogP contribution in [0.5, 0.6) is 0 Å². The van der Waals surface area contributed by atoms with Gasteiger partial charge in [0.2, 0.25) is 11.8 Å². The van der Waals surface area contributed by atoms with Crippen molar-refractivity contribution in [1.29, 1.82) is 0 Å². The van der Waals surface area contributed by atoms with Gasteiger partial charge in [-0.1, -0.05) is 47.5 Å². The Kier molecular flexibility index (Phi) is 4.96. The van der Waals surface area contributed by atoms with Crippen LogP contribution in [0.25, 0.3) is 11.5 Å². The number of hydrogen-bond donors (Lipinski definition) is 1. The molecule has 0 amide bonds. The van der Waals surface area contributed by atoms with Gasteiger partial charge in [0.15, 0.2) is 0 Å². The molecule has 0 aliphatic heterocycles. The molecular formula is C17H15Cl2N3O. The minimum absolute atomic E-state index is 0.0341. The summed E-state index contributed by atoms with van der Waals surface area (Å²) in [6, 6.07) is 15.2. The standard InChI is InChI=1S/C17H15Cl2N3O/c1-11(14-8-7-13(18)9-15(14)19)20-10-16-21-22-17(23-16)12-5-3-2-4-6-12/h2-9,11,20H,10H2,1H3/t11-/m1/s1. The van der Waals surface area contributed by atoms with E-state index in [0.717, 1.165) is 11.1 Å². The molecule has 4 nitrogen and oxygen atoms in total. The second kappa shape index (κ2) is 7.13. The summed E-state index contributed by atoms with van der Waals surface area (Å²) in [6.07, 6.45) is 0. The van der Waals surface area contributed by atoms with E-state index in [1.54, 1.807) is 6.07 Å². The minimum Gasteiger partial charge on any atom is -0.419 e. The summed E-state index contributed by atoms with van der Waals surface area (Å²) in [6.45, 7) is 2.48. The van der Waals surface area contributed by atoms with Crippen molar-refractivity contribution in [2.24, 2.45) is 0 Å². The van der Waals surface area contributed by atoms with Crippen LogP contribution in [0.2, 0.25) is 10.0 Å². The summed E-state index contributed by atoms with van der Waals surface area (Å²) in [5.41, 5.74) is 1.87. The molecule has 0 aliphatic carbocycles. The van der Waals surface area contributed by atoms with Crippen molar-refractivity contribution in [3.8, 4) is 11.5 Å². The number of halogens is 2. The molecule has 0 unspecified atom stereocenters. The molecule has 0 fully saturated rings. The van der Waals surface area contributed by atoms with Gasteiger partial charge in [0.05, 0.1) is 6.54 Å². The summed E-state index contributed by atoms with van der Waals surface area (Å²) in [5.74, 6) is 1.04. The summed E-state index contributed by atoms with van der Waals surface area (Å²) in [4.78, 5) is 0. The van der Waals surface area contributed by atoms with Crippen LogP contribution >= 0.6 is 23.2 Å². The van der Waals surface area contributed by atoms with E-state index in [1.165, 1.54) is 0 Å². The van der Waals surface area contributed by atoms with Gasteiger partial charge >= 0.3 is 0 Å². The SMILES string of the molecule is C[C@@H](NCc1nnc(-c2ccccc2)o1)c1ccc(Cl)cc1Cl. The maximum absolute atomic E-state index is 6.21. The van der Waals surface area contributed by atoms with E-state index >= 15 is 0 Å². The number of benzene rings is 2. The molecule has 1 atom stereocenters. The lowest BCUT2D eigenvalue weighted by Crippen LogP contribution is -2.18. The first-order chi connectivity index (χ1) is 11.1. The fourth-order valence-electron chi connectivity index (χ4n) is 2.23. The molecule has 1 N–H and O–H groups in total. The Hall–Kier alpha value is -1.88. The summed E-state index contributed by atoms with van der Waals surface area (Å²) in [7, 11) is 0. The minimum atomic E-state index is 0.0341. The molecule has 0 radical (unpaired) electrons. The number of nitrogens with one attached hydrogen (secondary N) is 1. The molecule has 1 aromatic heterocycles. The van der Waals surface area contributed by atoms with E-state index in [-0.39, 0.29) is 6.04 Å². The third kappa shape index (κ3) is 3.91. The molecule has 3 aromatic rings. The van der Waals surface area contributed by atoms with Crippen LogP contribution in [0.4, 0.5) is 0 Å². The summed E-state index contributed by atoms with van der Waals surface area (Å²) >= 11 is 12.1. The van der Waals surface area contributed by atoms with Gasteiger partial charge in [-0.3, -0.25) is 0 Å². The van der Waals surface area contributed by atoms with Crippen LogP contribution in [0.3, 0.4) is 0 Å². The highest BCUT2D eigenvalue weighted by Gasteiger charge is 2.12. The van der Waals surface area contributed by atoms with Crippen LogP contribution in [0, 0.1) is 0 Å². The largest absolute Gasteiger partial charge is 0.419 e. The van der Waals surface area contributed by atoms with E-state index < -0.39 is 0 Å². The van der Waals surface area contributed by atoms with Crippen LogP contribution in [-0.4, -0.2) is 10.2 Å². The Morgan fingerprint density at radius 1 is 1.09 bits per heavy atom. The Balaban J connectivity index is 1.65. The zero-order chi connectivity index (χ0) is 16.2. The molecule has 3 rings (SSSR count). The molecule has 0 spiro atoms. The van der Waals surface area contributed by atoms with Gasteiger partial charge in [-0.2, -0.15) is 0 Å². The van der Waals surface area contributed by atoms with Crippen molar-refractivity contribution in [3.63, 3.8) is 0 Å². The van der Waals surface area contributed by atoms with Crippen molar-refractivity contribution >= 4 is 23.2 Å². The van der Waals surface area contributed by atoms with E-state index in [4.69, 9.17) is 27.6 Å². The number of rotatable bonds is 5. The first-order valence-electron chi connectivity index (χ1n) is 7.19. The molecule has 118 valence electrons. The maximum atomic E-state index is 6.21. The second-order valence-corrected chi connectivity index (χ2v) is 5.98. The van der Waals surface area contributed by atoms with E-state index in [0.29, 0.717) is 28.4 Å². The Morgan fingerprint density at radius 3 is 2.61 bits per heavy atom. The highest BCUT2D eigenvalue weighted by molar-refractivity contribution is 6.35. The van der Waals surface area contributed by atoms with Crippen molar-refractivity contribution < 1.29 is 4.42 Å². The Labute approximate surface area is 144 Å². The summed E-state index contributed by atoms with van der Waals surface area (Å²) in [5, 5.41) is 12.7. The Bertz CT molecular complexity index is 790.